The molecule has 0 saturated carbocycles. The summed E-state index contributed by atoms with van der Waals surface area (Å²) < 4.78 is 0. The molecule has 1 N–H and O–H groups in total. The molecule has 1 aromatic carbocycles. The third-order valence-electron chi connectivity index (χ3n) is 1.78. The van der Waals surface area contributed by atoms with Gasteiger partial charge >= 0.3 is 0 Å². The second kappa shape index (κ2) is 6.42. The molecule has 0 unspecified atom stereocenters. The third kappa shape index (κ3) is 4.57. The molecule has 0 aliphatic heterocycles. The highest BCUT2D eigenvalue weighted by Gasteiger charge is 1.96. The Morgan fingerprint density at radius 2 is 2.19 bits per heavy atom. The summed E-state index contributed by atoms with van der Waals surface area (Å²) >= 11 is 11.7. The topological polar surface area (TPSA) is 29.1 Å². The molecular weight excluding hydrogens is 245 g/mol. The summed E-state index contributed by atoms with van der Waals surface area (Å²) in [5.74, 6) is 5.77. The van der Waals surface area contributed by atoms with Crippen molar-refractivity contribution in [3.05, 3.63) is 33.8 Å². The van der Waals surface area contributed by atoms with Crippen LogP contribution in [0.2, 0.25) is 10.0 Å². The van der Waals surface area contributed by atoms with E-state index in [0.29, 0.717) is 28.6 Å². The zero-order valence-electron chi connectivity index (χ0n) is 8.81. The van der Waals surface area contributed by atoms with Crippen molar-refractivity contribution < 1.29 is 4.79 Å². The van der Waals surface area contributed by atoms with Crippen molar-refractivity contribution in [2.75, 3.05) is 6.54 Å². The van der Waals surface area contributed by atoms with Crippen molar-refractivity contribution >= 4 is 29.1 Å². The molecular formula is C12H11Cl2NO. The Balaban J connectivity index is 2.56. The molecule has 0 aromatic heterocycles. The van der Waals surface area contributed by atoms with Gasteiger partial charge in [-0.15, -0.1) is 0 Å². The molecule has 4 heteroatoms. The van der Waals surface area contributed by atoms with Gasteiger partial charge in [-0.25, -0.2) is 0 Å². The summed E-state index contributed by atoms with van der Waals surface area (Å²) in [4.78, 5) is 10.6. The summed E-state index contributed by atoms with van der Waals surface area (Å²) in [5.41, 5.74) is 0.706. The van der Waals surface area contributed by atoms with Crippen LogP contribution < -0.4 is 5.32 Å². The molecule has 1 amide bonds. The first-order valence-corrected chi connectivity index (χ1v) is 5.53. The maximum Gasteiger partial charge on any atom is 0.216 e. The van der Waals surface area contributed by atoms with Gasteiger partial charge in [-0.1, -0.05) is 35.0 Å². The molecule has 1 aromatic rings. The van der Waals surface area contributed by atoms with E-state index in [4.69, 9.17) is 23.2 Å². The van der Waals surface area contributed by atoms with Crippen LogP contribution in [0.5, 0.6) is 0 Å². The molecule has 0 aliphatic rings. The van der Waals surface area contributed by atoms with Crippen LogP contribution in [0.4, 0.5) is 0 Å². The normalized spacial score (nSPS) is 9.19. The number of hydrogen-bond acceptors (Lipinski definition) is 1. The number of carbonyl (C=O) groups is 1. The minimum atomic E-state index is -0.0532. The second-order valence-corrected chi connectivity index (χ2v) is 4.00. The Kier molecular flexibility index (Phi) is 5.18. The number of carbonyl (C=O) groups excluding carboxylic acids is 1. The first-order valence-electron chi connectivity index (χ1n) is 4.78. The first kappa shape index (κ1) is 12.9. The molecule has 0 fully saturated rings. The van der Waals surface area contributed by atoms with Gasteiger partial charge in [0.25, 0.3) is 0 Å². The van der Waals surface area contributed by atoms with Crippen LogP contribution in [-0.4, -0.2) is 12.5 Å². The van der Waals surface area contributed by atoms with Crippen LogP contribution in [0.15, 0.2) is 18.2 Å². The van der Waals surface area contributed by atoms with E-state index in [2.05, 4.69) is 17.2 Å². The van der Waals surface area contributed by atoms with Crippen molar-refractivity contribution in [1.29, 1.82) is 0 Å². The average molecular weight is 256 g/mol. The molecule has 0 saturated heterocycles. The van der Waals surface area contributed by atoms with Gasteiger partial charge in [-0.3, -0.25) is 4.79 Å². The van der Waals surface area contributed by atoms with Crippen molar-refractivity contribution in [3.8, 4) is 11.8 Å². The van der Waals surface area contributed by atoms with Gasteiger partial charge in [0, 0.05) is 30.5 Å². The molecule has 84 valence electrons. The molecule has 0 heterocycles. The lowest BCUT2D eigenvalue weighted by Gasteiger charge is -1.97. The fraction of sp³-hybridized carbons (Fsp3) is 0.250. The van der Waals surface area contributed by atoms with Crippen LogP contribution in [0, 0.1) is 11.8 Å². The predicted molar refractivity (Wildman–Crippen MR) is 66.6 cm³/mol. The van der Waals surface area contributed by atoms with E-state index in [1.807, 2.05) is 0 Å². The van der Waals surface area contributed by atoms with Crippen molar-refractivity contribution in [2.45, 2.75) is 13.3 Å². The van der Waals surface area contributed by atoms with Crippen molar-refractivity contribution in [1.82, 2.24) is 5.32 Å². The number of rotatable bonds is 2. The second-order valence-electron chi connectivity index (χ2n) is 3.16. The lowest BCUT2D eigenvalue weighted by atomic mass is 10.2. The minimum Gasteiger partial charge on any atom is -0.355 e. The van der Waals surface area contributed by atoms with Crippen molar-refractivity contribution in [2.24, 2.45) is 0 Å². The van der Waals surface area contributed by atoms with Crippen LogP contribution in [-0.2, 0) is 4.79 Å². The van der Waals surface area contributed by atoms with Gasteiger partial charge in [-0.05, 0) is 18.2 Å². The molecule has 0 aliphatic carbocycles. The number of halogens is 2. The summed E-state index contributed by atoms with van der Waals surface area (Å²) in [6.45, 7) is 2.02. The van der Waals surface area contributed by atoms with E-state index in [1.54, 1.807) is 18.2 Å². The van der Waals surface area contributed by atoms with Gasteiger partial charge in [0.2, 0.25) is 5.91 Å². The number of benzene rings is 1. The Morgan fingerprint density at radius 3 is 2.88 bits per heavy atom. The molecule has 0 spiro atoms. The Bertz CT molecular complexity index is 446. The summed E-state index contributed by atoms with van der Waals surface area (Å²) in [6.07, 6.45) is 0.586. The van der Waals surface area contributed by atoms with Gasteiger partial charge in [-0.2, -0.15) is 0 Å². The fourth-order valence-electron chi connectivity index (χ4n) is 1.05. The van der Waals surface area contributed by atoms with Crippen LogP contribution in [0.3, 0.4) is 0 Å². The fourth-order valence-corrected chi connectivity index (χ4v) is 1.39. The largest absolute Gasteiger partial charge is 0.355 e. The molecule has 16 heavy (non-hydrogen) atoms. The monoisotopic (exact) mass is 255 g/mol. The van der Waals surface area contributed by atoms with Crippen LogP contribution >= 0.6 is 23.2 Å². The molecule has 0 radical (unpaired) electrons. The Morgan fingerprint density at radius 1 is 1.44 bits per heavy atom. The zero-order valence-corrected chi connectivity index (χ0v) is 10.3. The number of nitrogens with one attached hydrogen (secondary N) is 1. The quantitative estimate of drug-likeness (QED) is 0.639. The van der Waals surface area contributed by atoms with E-state index < -0.39 is 0 Å². The smallest absolute Gasteiger partial charge is 0.216 e. The summed E-state index contributed by atoms with van der Waals surface area (Å²) in [7, 11) is 0. The SMILES string of the molecule is CC(=O)NCCC#Cc1cc(Cl)ccc1Cl. The van der Waals surface area contributed by atoms with Crippen LogP contribution in [0.1, 0.15) is 18.9 Å². The number of hydrogen-bond donors (Lipinski definition) is 1. The van der Waals surface area contributed by atoms with Crippen molar-refractivity contribution in [3.63, 3.8) is 0 Å². The van der Waals surface area contributed by atoms with E-state index in [1.165, 1.54) is 6.92 Å². The standard InChI is InChI=1S/C12H11Cl2NO/c1-9(16)15-7-3-2-4-10-8-11(13)5-6-12(10)14/h5-6,8H,3,7H2,1H3,(H,15,16). The molecule has 1 rings (SSSR count). The predicted octanol–water partition coefficient (Wildman–Crippen LogP) is 2.87. The minimum absolute atomic E-state index is 0.0532. The lowest BCUT2D eigenvalue weighted by Crippen LogP contribution is -2.20. The van der Waals surface area contributed by atoms with Gasteiger partial charge in [0.15, 0.2) is 0 Å². The first-order chi connectivity index (χ1) is 7.59. The van der Waals surface area contributed by atoms with E-state index in [0.717, 1.165) is 0 Å². The molecule has 0 bridgehead atoms. The molecule has 0 atom stereocenters. The van der Waals surface area contributed by atoms with Crippen LogP contribution in [0.25, 0.3) is 0 Å². The van der Waals surface area contributed by atoms with Gasteiger partial charge in [0.1, 0.15) is 0 Å². The average Bonchev–Trinajstić information content (AvgIpc) is 2.22. The lowest BCUT2D eigenvalue weighted by molar-refractivity contribution is -0.118. The Labute approximate surface area is 105 Å². The summed E-state index contributed by atoms with van der Waals surface area (Å²) in [6, 6.07) is 5.14. The Hall–Kier alpha value is -1.17. The maximum atomic E-state index is 10.6. The highest BCUT2D eigenvalue weighted by molar-refractivity contribution is 6.33. The van der Waals surface area contributed by atoms with Gasteiger partial charge in [0.05, 0.1) is 5.02 Å². The highest BCUT2D eigenvalue weighted by atomic mass is 35.5. The zero-order chi connectivity index (χ0) is 12.0. The van der Waals surface area contributed by atoms with Gasteiger partial charge < -0.3 is 5.32 Å². The van der Waals surface area contributed by atoms with E-state index in [-0.39, 0.29) is 5.91 Å². The van der Waals surface area contributed by atoms with E-state index >= 15 is 0 Å². The van der Waals surface area contributed by atoms with E-state index in [9.17, 15) is 4.79 Å². The summed E-state index contributed by atoms with van der Waals surface area (Å²) in [5, 5.41) is 3.84. The number of amides is 1. The highest BCUT2D eigenvalue weighted by Crippen LogP contribution is 2.19. The third-order valence-corrected chi connectivity index (χ3v) is 2.34. The maximum absolute atomic E-state index is 10.6. The molecule has 2 nitrogen and oxygen atoms in total.